The van der Waals surface area contributed by atoms with Crippen molar-refractivity contribution < 1.29 is 9.21 Å². The number of nitrogens with two attached hydrogens (primary N) is 2. The third kappa shape index (κ3) is 2.42. The Balaban J connectivity index is 2.26. The van der Waals surface area contributed by atoms with Gasteiger partial charge in [0.25, 0.3) is 0 Å². The maximum atomic E-state index is 11.5. The van der Waals surface area contributed by atoms with E-state index in [-0.39, 0.29) is 24.0 Å². The molecule has 0 spiro atoms. The zero-order chi connectivity index (χ0) is 13.1. The van der Waals surface area contributed by atoms with Crippen LogP contribution in [0.3, 0.4) is 0 Å². The maximum absolute atomic E-state index is 11.5. The molecule has 18 heavy (non-hydrogen) atoms. The first-order chi connectivity index (χ1) is 8.65. The monoisotopic (exact) mass is 251 g/mol. The van der Waals surface area contributed by atoms with Gasteiger partial charge >= 0.3 is 0 Å². The topological polar surface area (TPSA) is 85.5 Å². The number of likely N-dealkylation sites (tertiary alicyclic amines) is 1. The molecule has 100 valence electrons. The van der Waals surface area contributed by atoms with Crippen molar-refractivity contribution in [3.8, 4) is 0 Å². The van der Waals surface area contributed by atoms with Crippen LogP contribution in [-0.4, -0.2) is 29.4 Å². The van der Waals surface area contributed by atoms with E-state index in [1.807, 2.05) is 19.1 Å². The lowest BCUT2D eigenvalue weighted by atomic mass is 10.0. The fourth-order valence-electron chi connectivity index (χ4n) is 2.73. The number of nitrogens with zero attached hydrogens (tertiary/aromatic N) is 1. The van der Waals surface area contributed by atoms with Crippen molar-refractivity contribution in [1.29, 1.82) is 0 Å². The smallest absolute Gasteiger partial charge is 0.234 e. The van der Waals surface area contributed by atoms with E-state index in [4.69, 9.17) is 15.9 Å². The molecule has 2 rings (SSSR count). The van der Waals surface area contributed by atoms with Crippen LogP contribution in [0.15, 0.2) is 22.8 Å². The second kappa shape index (κ2) is 5.54. The number of rotatable bonds is 5. The minimum absolute atomic E-state index is 0.0592. The summed E-state index contributed by atoms with van der Waals surface area (Å²) < 4.78 is 5.49. The highest BCUT2D eigenvalue weighted by Crippen LogP contribution is 2.32. The molecule has 0 aromatic carbocycles. The van der Waals surface area contributed by atoms with Crippen LogP contribution in [0.4, 0.5) is 0 Å². The van der Waals surface area contributed by atoms with Crippen molar-refractivity contribution in [3.05, 3.63) is 24.2 Å². The van der Waals surface area contributed by atoms with E-state index in [0.29, 0.717) is 0 Å². The van der Waals surface area contributed by atoms with Crippen molar-refractivity contribution in [2.75, 3.05) is 6.54 Å². The minimum atomic E-state index is -0.271. The molecule has 0 aliphatic carbocycles. The molecule has 1 saturated heterocycles. The molecule has 1 amide bonds. The van der Waals surface area contributed by atoms with E-state index in [1.54, 1.807) is 6.26 Å². The van der Waals surface area contributed by atoms with Crippen molar-refractivity contribution in [3.63, 3.8) is 0 Å². The highest BCUT2D eigenvalue weighted by atomic mass is 16.3. The summed E-state index contributed by atoms with van der Waals surface area (Å²) in [7, 11) is 0. The normalized spacial score (nSPS) is 24.0. The van der Waals surface area contributed by atoms with Crippen LogP contribution in [0.1, 0.15) is 38.0 Å². The van der Waals surface area contributed by atoms with Crippen LogP contribution >= 0.6 is 0 Å². The third-order valence-electron chi connectivity index (χ3n) is 3.69. The maximum Gasteiger partial charge on any atom is 0.234 e. The molecule has 5 heteroatoms. The SMILES string of the molecule is CCC(N)C(c1ccco1)N1CCCC1C(N)=O. The Morgan fingerprint density at radius 1 is 1.67 bits per heavy atom. The Labute approximate surface area is 107 Å². The first-order valence-electron chi connectivity index (χ1n) is 6.49. The summed E-state index contributed by atoms with van der Waals surface area (Å²) in [6.07, 6.45) is 4.25. The van der Waals surface area contributed by atoms with Crippen LogP contribution in [0.5, 0.6) is 0 Å². The summed E-state index contributed by atoms with van der Waals surface area (Å²) in [4.78, 5) is 13.6. The lowest BCUT2D eigenvalue weighted by Gasteiger charge is -2.33. The quantitative estimate of drug-likeness (QED) is 0.817. The zero-order valence-corrected chi connectivity index (χ0v) is 10.7. The summed E-state index contributed by atoms with van der Waals surface area (Å²) in [5, 5.41) is 0. The van der Waals surface area contributed by atoms with Gasteiger partial charge in [-0.25, -0.2) is 0 Å². The number of carbonyl (C=O) groups excluding carboxylic acids is 1. The summed E-state index contributed by atoms with van der Waals surface area (Å²) in [5.74, 6) is 0.546. The lowest BCUT2D eigenvalue weighted by molar-refractivity contribution is -0.123. The molecule has 1 aromatic rings. The molecule has 4 N–H and O–H groups in total. The molecule has 3 unspecified atom stereocenters. The molecule has 1 aliphatic rings. The Bertz CT molecular complexity index is 391. The molecule has 0 saturated carbocycles. The van der Waals surface area contributed by atoms with Gasteiger partial charge in [-0.2, -0.15) is 0 Å². The van der Waals surface area contributed by atoms with Gasteiger partial charge in [-0.05, 0) is 37.9 Å². The van der Waals surface area contributed by atoms with E-state index in [1.165, 1.54) is 0 Å². The van der Waals surface area contributed by atoms with Gasteiger partial charge < -0.3 is 15.9 Å². The molecule has 0 bridgehead atoms. The second-order valence-electron chi connectivity index (χ2n) is 4.83. The molecule has 1 aliphatic heterocycles. The first kappa shape index (κ1) is 13.1. The van der Waals surface area contributed by atoms with Crippen LogP contribution in [0.25, 0.3) is 0 Å². The molecule has 1 fully saturated rings. The van der Waals surface area contributed by atoms with E-state index in [0.717, 1.165) is 31.6 Å². The largest absolute Gasteiger partial charge is 0.468 e. The zero-order valence-electron chi connectivity index (χ0n) is 10.7. The molecule has 2 heterocycles. The minimum Gasteiger partial charge on any atom is -0.468 e. The Morgan fingerprint density at radius 2 is 2.44 bits per heavy atom. The number of carbonyl (C=O) groups is 1. The molecular formula is C13H21N3O2. The predicted molar refractivity (Wildman–Crippen MR) is 68.6 cm³/mol. The Morgan fingerprint density at radius 3 is 3.00 bits per heavy atom. The van der Waals surface area contributed by atoms with Crippen LogP contribution < -0.4 is 11.5 Å². The number of amides is 1. The summed E-state index contributed by atoms with van der Waals surface area (Å²) in [6.45, 7) is 2.88. The summed E-state index contributed by atoms with van der Waals surface area (Å²) in [6, 6.07) is 3.41. The number of hydrogen-bond acceptors (Lipinski definition) is 4. The first-order valence-corrected chi connectivity index (χ1v) is 6.49. The average Bonchev–Trinajstić information content (AvgIpc) is 2.99. The highest BCUT2D eigenvalue weighted by Gasteiger charge is 2.38. The van der Waals surface area contributed by atoms with Gasteiger partial charge in [0.15, 0.2) is 0 Å². The predicted octanol–water partition coefficient (Wildman–Crippen LogP) is 1.01. The fourth-order valence-corrected chi connectivity index (χ4v) is 2.73. The molecule has 3 atom stereocenters. The number of hydrogen-bond donors (Lipinski definition) is 2. The fraction of sp³-hybridized carbons (Fsp3) is 0.615. The van der Waals surface area contributed by atoms with E-state index in [2.05, 4.69) is 4.90 Å². The molecule has 1 aromatic heterocycles. The summed E-state index contributed by atoms with van der Waals surface area (Å²) in [5.41, 5.74) is 11.7. The third-order valence-corrected chi connectivity index (χ3v) is 3.69. The Kier molecular flexibility index (Phi) is 4.04. The van der Waals surface area contributed by atoms with Crippen molar-refractivity contribution in [2.45, 2.75) is 44.3 Å². The lowest BCUT2D eigenvalue weighted by Crippen LogP contribution is -2.47. The average molecular weight is 251 g/mol. The highest BCUT2D eigenvalue weighted by molar-refractivity contribution is 5.80. The molecular weight excluding hydrogens is 230 g/mol. The van der Waals surface area contributed by atoms with E-state index in [9.17, 15) is 4.79 Å². The Hall–Kier alpha value is -1.33. The van der Waals surface area contributed by atoms with Crippen molar-refractivity contribution in [2.24, 2.45) is 11.5 Å². The van der Waals surface area contributed by atoms with Crippen molar-refractivity contribution in [1.82, 2.24) is 4.90 Å². The van der Waals surface area contributed by atoms with Crippen molar-refractivity contribution >= 4 is 5.91 Å². The number of primary amides is 1. The number of furan rings is 1. The van der Waals surface area contributed by atoms with Crippen LogP contribution in [0.2, 0.25) is 0 Å². The van der Waals surface area contributed by atoms with Gasteiger partial charge in [0.2, 0.25) is 5.91 Å². The van der Waals surface area contributed by atoms with Gasteiger partial charge in [-0.3, -0.25) is 9.69 Å². The van der Waals surface area contributed by atoms with Gasteiger partial charge in [-0.1, -0.05) is 6.92 Å². The summed E-state index contributed by atoms with van der Waals surface area (Å²) >= 11 is 0. The molecule has 0 radical (unpaired) electrons. The van der Waals surface area contributed by atoms with Crippen LogP contribution in [-0.2, 0) is 4.79 Å². The van der Waals surface area contributed by atoms with Gasteiger partial charge in [0.1, 0.15) is 5.76 Å². The van der Waals surface area contributed by atoms with Gasteiger partial charge in [-0.15, -0.1) is 0 Å². The van der Waals surface area contributed by atoms with Crippen LogP contribution in [0, 0.1) is 0 Å². The second-order valence-corrected chi connectivity index (χ2v) is 4.83. The molecule has 5 nitrogen and oxygen atoms in total. The van der Waals surface area contributed by atoms with Gasteiger partial charge in [0, 0.05) is 6.04 Å². The van der Waals surface area contributed by atoms with Gasteiger partial charge in [0.05, 0.1) is 18.3 Å². The van der Waals surface area contributed by atoms with E-state index >= 15 is 0 Å². The standard InChI is InChI=1S/C13H21N3O2/c1-2-9(14)12(11-6-4-8-18-11)16-7-3-5-10(16)13(15)17/h4,6,8-10,12H,2-3,5,7,14H2,1H3,(H2,15,17). The van der Waals surface area contributed by atoms with E-state index < -0.39 is 0 Å².